The molecule has 0 heterocycles. The van der Waals surface area contributed by atoms with E-state index in [4.69, 9.17) is 16.3 Å². The van der Waals surface area contributed by atoms with Crippen LogP contribution in [0.4, 0.5) is 5.69 Å². The number of rotatable bonds is 5. The topological polar surface area (TPSA) is 55.4 Å². The van der Waals surface area contributed by atoms with Gasteiger partial charge in [0.1, 0.15) is 0 Å². The summed E-state index contributed by atoms with van der Waals surface area (Å²) in [6.07, 6.45) is 0. The molecule has 0 aliphatic rings. The quantitative estimate of drug-likeness (QED) is 0.625. The maximum Gasteiger partial charge on any atom is 0.338 e. The molecule has 0 spiro atoms. The van der Waals surface area contributed by atoms with E-state index in [2.05, 4.69) is 5.32 Å². The highest BCUT2D eigenvalue weighted by Gasteiger charge is 2.17. The second-order valence-corrected chi connectivity index (χ2v) is 7.02. The molecule has 2 aromatic carbocycles. The Hall–Kier alpha value is -1.98. The number of nitrogens with one attached hydrogen (secondary N) is 1. The predicted molar refractivity (Wildman–Crippen MR) is 97.9 cm³/mol. The molecule has 0 saturated heterocycles. The minimum Gasteiger partial charge on any atom is -0.465 e. The first-order chi connectivity index (χ1) is 11.4. The number of hydrogen-bond donors (Lipinski definition) is 1. The maximum absolute atomic E-state index is 12.4. The molecule has 24 heavy (non-hydrogen) atoms. The van der Waals surface area contributed by atoms with Crippen molar-refractivity contribution in [3.63, 3.8) is 0 Å². The van der Waals surface area contributed by atoms with Crippen molar-refractivity contribution in [2.24, 2.45) is 0 Å². The van der Waals surface area contributed by atoms with Crippen molar-refractivity contribution in [2.75, 3.05) is 12.4 Å². The van der Waals surface area contributed by atoms with Crippen molar-refractivity contribution < 1.29 is 14.3 Å². The summed E-state index contributed by atoms with van der Waals surface area (Å²) in [5, 5.41) is 3.23. The average Bonchev–Trinajstić information content (AvgIpc) is 2.58. The van der Waals surface area contributed by atoms with Gasteiger partial charge in [0.15, 0.2) is 0 Å². The minimum atomic E-state index is -0.424. The number of anilines is 1. The fraction of sp³-hybridized carbons (Fsp3) is 0.222. The fourth-order valence-corrected chi connectivity index (χ4v) is 3.10. The Morgan fingerprint density at radius 3 is 2.46 bits per heavy atom. The Morgan fingerprint density at radius 2 is 1.83 bits per heavy atom. The van der Waals surface area contributed by atoms with Crippen molar-refractivity contribution in [1.29, 1.82) is 0 Å². The Labute approximate surface area is 150 Å². The van der Waals surface area contributed by atoms with Crippen molar-refractivity contribution in [3.05, 3.63) is 58.6 Å². The number of carbonyl (C=O) groups excluding carboxylic acids is 2. The van der Waals surface area contributed by atoms with Gasteiger partial charge < -0.3 is 10.1 Å². The van der Waals surface area contributed by atoms with Gasteiger partial charge in [0.2, 0.25) is 5.91 Å². The third kappa shape index (κ3) is 4.52. The van der Waals surface area contributed by atoms with Crippen molar-refractivity contribution in [3.8, 4) is 0 Å². The number of ether oxygens (including phenoxy) is 1. The van der Waals surface area contributed by atoms with E-state index < -0.39 is 5.97 Å². The minimum absolute atomic E-state index is 0.139. The molecular weight excluding hydrogens is 346 g/mol. The molecule has 1 atom stereocenters. The average molecular weight is 364 g/mol. The van der Waals surface area contributed by atoms with Gasteiger partial charge in [0.05, 0.1) is 17.9 Å². The molecule has 126 valence electrons. The van der Waals surface area contributed by atoms with E-state index in [9.17, 15) is 9.59 Å². The molecule has 2 rings (SSSR count). The SMILES string of the molecule is COC(=O)c1cccc(NC(=O)[C@@H](C)Sc2ccc(Cl)cc2)c1C. The fourth-order valence-electron chi connectivity index (χ4n) is 2.11. The zero-order valence-corrected chi connectivity index (χ0v) is 15.2. The second kappa shape index (κ2) is 8.22. The lowest BCUT2D eigenvalue weighted by Crippen LogP contribution is -2.23. The summed E-state index contributed by atoms with van der Waals surface area (Å²) in [5.41, 5.74) is 1.72. The van der Waals surface area contributed by atoms with Crippen LogP contribution in [0.5, 0.6) is 0 Å². The first kappa shape index (κ1) is 18.4. The molecule has 0 aromatic heterocycles. The summed E-state index contributed by atoms with van der Waals surface area (Å²) in [6, 6.07) is 12.5. The number of thioether (sulfide) groups is 1. The highest BCUT2D eigenvalue weighted by Crippen LogP contribution is 2.26. The molecule has 0 unspecified atom stereocenters. The molecule has 0 radical (unpaired) electrons. The van der Waals surface area contributed by atoms with Gasteiger partial charge in [-0.15, -0.1) is 11.8 Å². The lowest BCUT2D eigenvalue weighted by atomic mass is 10.1. The van der Waals surface area contributed by atoms with Gasteiger partial charge in [0.25, 0.3) is 0 Å². The molecule has 4 nitrogen and oxygen atoms in total. The van der Waals surface area contributed by atoms with Crippen molar-refractivity contribution in [1.82, 2.24) is 0 Å². The van der Waals surface area contributed by atoms with Crippen LogP contribution in [-0.2, 0) is 9.53 Å². The van der Waals surface area contributed by atoms with Gasteiger partial charge >= 0.3 is 5.97 Å². The largest absolute Gasteiger partial charge is 0.465 e. The van der Waals surface area contributed by atoms with E-state index in [0.29, 0.717) is 21.8 Å². The number of benzene rings is 2. The number of halogens is 1. The third-order valence-corrected chi connectivity index (χ3v) is 4.86. The van der Waals surface area contributed by atoms with Crippen molar-refractivity contribution >= 4 is 40.9 Å². The summed E-state index contributed by atoms with van der Waals surface area (Å²) in [7, 11) is 1.33. The molecule has 1 N–H and O–H groups in total. The maximum atomic E-state index is 12.4. The molecular formula is C18H18ClNO3S. The Bertz CT molecular complexity index is 746. The molecule has 0 aliphatic heterocycles. The van der Waals surface area contributed by atoms with Crippen LogP contribution in [-0.4, -0.2) is 24.2 Å². The van der Waals surface area contributed by atoms with E-state index in [0.717, 1.165) is 4.90 Å². The van der Waals surface area contributed by atoms with Crippen LogP contribution in [0.2, 0.25) is 5.02 Å². The predicted octanol–water partition coefficient (Wildman–Crippen LogP) is 4.55. The van der Waals surface area contributed by atoms with Crippen LogP contribution in [0.1, 0.15) is 22.8 Å². The van der Waals surface area contributed by atoms with Crippen LogP contribution in [0.25, 0.3) is 0 Å². The van der Waals surface area contributed by atoms with Crippen LogP contribution < -0.4 is 5.32 Å². The Morgan fingerprint density at radius 1 is 1.17 bits per heavy atom. The molecule has 2 aromatic rings. The summed E-state index contributed by atoms with van der Waals surface area (Å²) in [4.78, 5) is 25.1. The third-order valence-electron chi connectivity index (χ3n) is 3.49. The summed E-state index contributed by atoms with van der Waals surface area (Å²) in [6.45, 7) is 3.60. The number of amides is 1. The summed E-state index contributed by atoms with van der Waals surface area (Å²) in [5.74, 6) is -0.563. The zero-order chi connectivity index (χ0) is 17.7. The Kier molecular flexibility index (Phi) is 6.29. The number of esters is 1. The Balaban J connectivity index is 2.08. The van der Waals surface area contributed by atoms with Crippen LogP contribution in [0.15, 0.2) is 47.4 Å². The van der Waals surface area contributed by atoms with Crippen molar-refractivity contribution in [2.45, 2.75) is 24.0 Å². The first-order valence-corrected chi connectivity index (χ1v) is 8.59. The number of carbonyl (C=O) groups is 2. The van der Waals surface area contributed by atoms with E-state index in [1.165, 1.54) is 18.9 Å². The highest BCUT2D eigenvalue weighted by molar-refractivity contribution is 8.00. The van der Waals surface area contributed by atoms with Gasteiger partial charge in [-0.25, -0.2) is 4.79 Å². The van der Waals surface area contributed by atoms with E-state index >= 15 is 0 Å². The van der Waals surface area contributed by atoms with Gasteiger partial charge in [-0.1, -0.05) is 17.7 Å². The van der Waals surface area contributed by atoms with Crippen LogP contribution in [0, 0.1) is 6.92 Å². The molecule has 0 saturated carbocycles. The van der Waals surface area contributed by atoms with E-state index in [1.807, 2.05) is 19.1 Å². The molecule has 1 amide bonds. The zero-order valence-electron chi connectivity index (χ0n) is 13.6. The van der Waals surface area contributed by atoms with E-state index in [-0.39, 0.29) is 11.2 Å². The normalized spacial score (nSPS) is 11.7. The standard InChI is InChI=1S/C18H18ClNO3S/c1-11-15(18(22)23-3)5-4-6-16(11)20-17(21)12(2)24-14-9-7-13(19)8-10-14/h4-10,12H,1-3H3,(H,20,21)/t12-/m1/s1. The summed E-state index contributed by atoms with van der Waals surface area (Å²) >= 11 is 7.30. The van der Waals surface area contributed by atoms with Gasteiger partial charge in [-0.05, 0) is 55.8 Å². The molecule has 0 aliphatic carbocycles. The monoisotopic (exact) mass is 363 g/mol. The van der Waals surface area contributed by atoms with Gasteiger partial charge in [0, 0.05) is 15.6 Å². The molecule has 0 fully saturated rings. The lowest BCUT2D eigenvalue weighted by molar-refractivity contribution is -0.115. The van der Waals surface area contributed by atoms with Crippen LogP contribution >= 0.6 is 23.4 Å². The second-order valence-electron chi connectivity index (χ2n) is 5.17. The van der Waals surface area contributed by atoms with Gasteiger partial charge in [-0.3, -0.25) is 4.79 Å². The molecule has 0 bridgehead atoms. The smallest absolute Gasteiger partial charge is 0.338 e. The van der Waals surface area contributed by atoms with Crippen LogP contribution in [0.3, 0.4) is 0 Å². The van der Waals surface area contributed by atoms with Gasteiger partial charge in [-0.2, -0.15) is 0 Å². The number of methoxy groups -OCH3 is 1. The molecule has 6 heteroatoms. The number of hydrogen-bond acceptors (Lipinski definition) is 4. The lowest BCUT2D eigenvalue weighted by Gasteiger charge is -2.15. The summed E-state index contributed by atoms with van der Waals surface area (Å²) < 4.78 is 4.75. The highest BCUT2D eigenvalue weighted by atomic mass is 35.5. The van der Waals surface area contributed by atoms with E-state index in [1.54, 1.807) is 37.3 Å². The first-order valence-electron chi connectivity index (χ1n) is 7.33.